The standard InChI is InChI=1S/C10H6BrCl2NO/c11-7-1-2-8(9(13)3-7)10-6(4-12)5-14-15-10/h1-3,5H,4H2. The molecule has 0 aliphatic rings. The Morgan fingerprint density at radius 2 is 2.20 bits per heavy atom. The minimum atomic E-state index is 0.352. The predicted octanol–water partition coefficient (Wildman–Crippen LogP) is 4.50. The highest BCUT2D eigenvalue weighted by atomic mass is 79.9. The molecule has 5 heteroatoms. The summed E-state index contributed by atoms with van der Waals surface area (Å²) in [6.45, 7) is 0. The summed E-state index contributed by atoms with van der Waals surface area (Å²) in [5.41, 5.74) is 1.63. The number of alkyl halides is 1. The average Bonchev–Trinajstić information content (AvgIpc) is 2.65. The molecule has 2 aromatic rings. The van der Waals surface area contributed by atoms with Gasteiger partial charge in [0.25, 0.3) is 0 Å². The van der Waals surface area contributed by atoms with Crippen LogP contribution in [-0.4, -0.2) is 5.16 Å². The molecule has 1 aromatic carbocycles. The van der Waals surface area contributed by atoms with Crippen LogP contribution in [0.5, 0.6) is 0 Å². The quantitative estimate of drug-likeness (QED) is 0.764. The van der Waals surface area contributed by atoms with Gasteiger partial charge >= 0.3 is 0 Å². The van der Waals surface area contributed by atoms with Gasteiger partial charge in [0.2, 0.25) is 0 Å². The highest BCUT2D eigenvalue weighted by molar-refractivity contribution is 9.10. The summed E-state index contributed by atoms with van der Waals surface area (Å²) in [6, 6.07) is 5.56. The van der Waals surface area contributed by atoms with Crippen LogP contribution in [0.15, 0.2) is 33.4 Å². The van der Waals surface area contributed by atoms with Crippen molar-refractivity contribution in [2.24, 2.45) is 0 Å². The maximum Gasteiger partial charge on any atom is 0.172 e. The Morgan fingerprint density at radius 3 is 2.87 bits per heavy atom. The van der Waals surface area contributed by atoms with E-state index in [0.29, 0.717) is 16.7 Å². The maximum atomic E-state index is 6.09. The van der Waals surface area contributed by atoms with Gasteiger partial charge in [0.1, 0.15) is 0 Å². The van der Waals surface area contributed by atoms with E-state index < -0.39 is 0 Å². The molecule has 0 atom stereocenters. The van der Waals surface area contributed by atoms with E-state index in [2.05, 4.69) is 21.1 Å². The average molecular weight is 307 g/mol. The molecule has 2 rings (SSSR count). The molecule has 0 aliphatic heterocycles. The van der Waals surface area contributed by atoms with Crippen molar-refractivity contribution >= 4 is 39.1 Å². The summed E-state index contributed by atoms with van der Waals surface area (Å²) in [5.74, 6) is 0.980. The van der Waals surface area contributed by atoms with Crippen molar-refractivity contribution in [3.8, 4) is 11.3 Å². The number of halogens is 3. The van der Waals surface area contributed by atoms with Crippen molar-refractivity contribution in [3.63, 3.8) is 0 Å². The molecule has 0 N–H and O–H groups in total. The number of hydrogen-bond donors (Lipinski definition) is 0. The van der Waals surface area contributed by atoms with Gasteiger partial charge in [-0.15, -0.1) is 11.6 Å². The van der Waals surface area contributed by atoms with Gasteiger partial charge in [-0.2, -0.15) is 0 Å². The van der Waals surface area contributed by atoms with Gasteiger partial charge in [-0.3, -0.25) is 0 Å². The smallest absolute Gasteiger partial charge is 0.172 e. The van der Waals surface area contributed by atoms with Crippen molar-refractivity contribution in [2.75, 3.05) is 0 Å². The fourth-order valence-electron chi connectivity index (χ4n) is 1.25. The fourth-order valence-corrected chi connectivity index (χ4v) is 2.20. The summed E-state index contributed by atoms with van der Waals surface area (Å²) in [7, 11) is 0. The van der Waals surface area contributed by atoms with Crippen LogP contribution < -0.4 is 0 Å². The van der Waals surface area contributed by atoms with Crippen molar-refractivity contribution < 1.29 is 4.52 Å². The van der Waals surface area contributed by atoms with Gasteiger partial charge in [0.15, 0.2) is 5.76 Å². The fraction of sp³-hybridized carbons (Fsp3) is 0.100. The highest BCUT2D eigenvalue weighted by Gasteiger charge is 2.13. The van der Waals surface area contributed by atoms with E-state index in [0.717, 1.165) is 15.6 Å². The van der Waals surface area contributed by atoms with Gasteiger partial charge in [-0.1, -0.05) is 32.7 Å². The third-order valence-electron chi connectivity index (χ3n) is 1.96. The first-order valence-corrected chi connectivity index (χ1v) is 5.88. The SMILES string of the molecule is ClCc1cnoc1-c1ccc(Br)cc1Cl. The minimum Gasteiger partial charge on any atom is -0.356 e. The third-order valence-corrected chi connectivity index (χ3v) is 3.06. The van der Waals surface area contributed by atoms with Crippen LogP contribution in [0.4, 0.5) is 0 Å². The lowest BCUT2D eigenvalue weighted by atomic mass is 10.1. The van der Waals surface area contributed by atoms with Crippen LogP contribution >= 0.6 is 39.1 Å². The summed E-state index contributed by atoms with van der Waals surface area (Å²) in [6.07, 6.45) is 1.60. The number of rotatable bonds is 2. The lowest BCUT2D eigenvalue weighted by molar-refractivity contribution is 0.432. The molecule has 0 saturated heterocycles. The van der Waals surface area contributed by atoms with Crippen LogP contribution in [-0.2, 0) is 5.88 Å². The molecule has 15 heavy (non-hydrogen) atoms. The van der Waals surface area contributed by atoms with Crippen LogP contribution in [0.3, 0.4) is 0 Å². The Labute approximate surface area is 105 Å². The van der Waals surface area contributed by atoms with Crippen molar-refractivity contribution in [2.45, 2.75) is 5.88 Å². The van der Waals surface area contributed by atoms with Gasteiger partial charge in [-0.25, -0.2) is 0 Å². The lowest BCUT2D eigenvalue weighted by Gasteiger charge is -2.01. The molecule has 0 spiro atoms. The Kier molecular flexibility index (Phi) is 3.34. The molecule has 0 amide bonds. The molecular weight excluding hydrogens is 301 g/mol. The zero-order chi connectivity index (χ0) is 10.8. The van der Waals surface area contributed by atoms with E-state index in [9.17, 15) is 0 Å². The molecule has 0 unspecified atom stereocenters. The van der Waals surface area contributed by atoms with Crippen LogP contribution in [0, 0.1) is 0 Å². The molecule has 1 heterocycles. The van der Waals surface area contributed by atoms with Gasteiger partial charge in [0.05, 0.1) is 17.1 Å². The van der Waals surface area contributed by atoms with Crippen LogP contribution in [0.2, 0.25) is 5.02 Å². The Hall–Kier alpha value is -0.510. The van der Waals surface area contributed by atoms with Crippen molar-refractivity contribution in [1.82, 2.24) is 5.16 Å². The Balaban J connectivity index is 2.54. The van der Waals surface area contributed by atoms with E-state index in [-0.39, 0.29) is 0 Å². The number of aromatic nitrogens is 1. The van der Waals surface area contributed by atoms with Crippen molar-refractivity contribution in [1.29, 1.82) is 0 Å². The van der Waals surface area contributed by atoms with E-state index in [1.54, 1.807) is 12.3 Å². The van der Waals surface area contributed by atoms with Gasteiger partial charge in [-0.05, 0) is 18.2 Å². The summed E-state index contributed by atoms with van der Waals surface area (Å²) in [4.78, 5) is 0. The summed E-state index contributed by atoms with van der Waals surface area (Å²) in [5, 5.41) is 4.31. The second kappa shape index (κ2) is 4.56. The normalized spacial score (nSPS) is 10.6. The van der Waals surface area contributed by atoms with E-state index >= 15 is 0 Å². The molecule has 2 nitrogen and oxygen atoms in total. The summed E-state index contributed by atoms with van der Waals surface area (Å²) >= 11 is 15.2. The van der Waals surface area contributed by atoms with Crippen LogP contribution in [0.25, 0.3) is 11.3 Å². The molecule has 0 bridgehead atoms. The largest absolute Gasteiger partial charge is 0.356 e. The minimum absolute atomic E-state index is 0.352. The predicted molar refractivity (Wildman–Crippen MR) is 64.2 cm³/mol. The Bertz CT molecular complexity index is 484. The van der Waals surface area contributed by atoms with Gasteiger partial charge in [0, 0.05) is 15.6 Å². The molecule has 78 valence electrons. The number of benzene rings is 1. The summed E-state index contributed by atoms with van der Waals surface area (Å²) < 4.78 is 6.05. The second-order valence-corrected chi connectivity index (χ2v) is 4.53. The molecule has 0 fully saturated rings. The monoisotopic (exact) mass is 305 g/mol. The van der Waals surface area contributed by atoms with Crippen LogP contribution in [0.1, 0.15) is 5.56 Å². The maximum absolute atomic E-state index is 6.09. The topological polar surface area (TPSA) is 26.0 Å². The second-order valence-electron chi connectivity index (χ2n) is 2.94. The molecular formula is C10H6BrCl2NO. The van der Waals surface area contributed by atoms with Crippen molar-refractivity contribution in [3.05, 3.63) is 39.5 Å². The van der Waals surface area contributed by atoms with E-state index in [4.69, 9.17) is 27.7 Å². The Morgan fingerprint density at radius 1 is 1.40 bits per heavy atom. The first kappa shape index (κ1) is 11.0. The zero-order valence-electron chi connectivity index (χ0n) is 7.51. The molecule has 0 aliphatic carbocycles. The first-order chi connectivity index (χ1) is 7.22. The molecule has 0 radical (unpaired) electrons. The highest BCUT2D eigenvalue weighted by Crippen LogP contribution is 2.32. The molecule has 0 saturated carbocycles. The number of nitrogens with zero attached hydrogens (tertiary/aromatic N) is 1. The van der Waals surface area contributed by atoms with Gasteiger partial charge < -0.3 is 4.52 Å². The number of hydrogen-bond acceptors (Lipinski definition) is 2. The third kappa shape index (κ3) is 2.19. The lowest BCUT2D eigenvalue weighted by Crippen LogP contribution is -1.82. The van der Waals surface area contributed by atoms with E-state index in [1.165, 1.54) is 0 Å². The van der Waals surface area contributed by atoms with E-state index in [1.807, 2.05) is 12.1 Å². The first-order valence-electron chi connectivity index (χ1n) is 4.17. The zero-order valence-corrected chi connectivity index (χ0v) is 10.6. The molecule has 1 aromatic heterocycles.